The van der Waals surface area contributed by atoms with Crippen molar-refractivity contribution in [2.45, 2.75) is 0 Å². The van der Waals surface area contributed by atoms with E-state index in [-0.39, 0.29) is 5.56 Å². The Hall–Kier alpha value is -2.40. The third-order valence-corrected chi connectivity index (χ3v) is 3.56. The monoisotopic (exact) mass is 342 g/mol. The highest BCUT2D eigenvalue weighted by Gasteiger charge is 2.08. The SMILES string of the molecule is O=C(O)c1cccc(-c2ccn(-c3cccc(Br)c3)n2)c1. The number of carboxylic acid groups (broad SMARTS) is 1. The fraction of sp³-hybridized carbons (Fsp3) is 0. The van der Waals surface area contributed by atoms with Gasteiger partial charge in [-0.2, -0.15) is 5.10 Å². The smallest absolute Gasteiger partial charge is 0.335 e. The van der Waals surface area contributed by atoms with Gasteiger partial charge in [0.1, 0.15) is 0 Å². The molecule has 0 atom stereocenters. The summed E-state index contributed by atoms with van der Waals surface area (Å²) in [6.45, 7) is 0. The second-order valence-electron chi connectivity index (χ2n) is 4.51. The topological polar surface area (TPSA) is 55.1 Å². The van der Waals surface area contributed by atoms with Crippen LogP contribution in [0.25, 0.3) is 16.9 Å². The minimum Gasteiger partial charge on any atom is -0.478 e. The fourth-order valence-electron chi connectivity index (χ4n) is 2.05. The first-order chi connectivity index (χ1) is 10.1. The summed E-state index contributed by atoms with van der Waals surface area (Å²) in [4.78, 5) is 11.0. The molecule has 0 aliphatic rings. The molecule has 0 saturated heterocycles. The van der Waals surface area contributed by atoms with E-state index in [0.29, 0.717) is 0 Å². The average Bonchev–Trinajstić information content (AvgIpc) is 2.97. The predicted octanol–water partition coefficient (Wildman–Crippen LogP) is 4.00. The Kier molecular flexibility index (Phi) is 3.58. The predicted molar refractivity (Wildman–Crippen MR) is 83.7 cm³/mol. The largest absolute Gasteiger partial charge is 0.478 e. The van der Waals surface area contributed by atoms with Gasteiger partial charge in [-0.3, -0.25) is 0 Å². The van der Waals surface area contributed by atoms with Crippen LogP contribution in [0.4, 0.5) is 0 Å². The second-order valence-corrected chi connectivity index (χ2v) is 5.43. The van der Waals surface area contributed by atoms with E-state index in [2.05, 4.69) is 21.0 Å². The number of hydrogen-bond donors (Lipinski definition) is 1. The summed E-state index contributed by atoms with van der Waals surface area (Å²) in [7, 11) is 0. The molecule has 21 heavy (non-hydrogen) atoms. The molecule has 0 fully saturated rings. The van der Waals surface area contributed by atoms with Gasteiger partial charge in [-0.05, 0) is 36.4 Å². The molecule has 5 heteroatoms. The Morgan fingerprint density at radius 1 is 1.10 bits per heavy atom. The highest BCUT2D eigenvalue weighted by atomic mass is 79.9. The first kappa shape index (κ1) is 13.6. The molecule has 104 valence electrons. The Labute approximate surface area is 129 Å². The van der Waals surface area contributed by atoms with Crippen molar-refractivity contribution in [2.75, 3.05) is 0 Å². The van der Waals surface area contributed by atoms with Gasteiger partial charge in [0.05, 0.1) is 16.9 Å². The molecule has 0 aliphatic heterocycles. The number of halogens is 1. The van der Waals surface area contributed by atoms with E-state index in [4.69, 9.17) is 5.11 Å². The Balaban J connectivity index is 1.98. The molecule has 3 rings (SSSR count). The number of hydrogen-bond acceptors (Lipinski definition) is 2. The van der Waals surface area contributed by atoms with Gasteiger partial charge in [0.15, 0.2) is 0 Å². The van der Waals surface area contributed by atoms with Gasteiger partial charge in [0, 0.05) is 16.2 Å². The normalized spacial score (nSPS) is 10.5. The van der Waals surface area contributed by atoms with Gasteiger partial charge in [-0.1, -0.05) is 34.1 Å². The molecular formula is C16H11BrN2O2. The lowest BCUT2D eigenvalue weighted by molar-refractivity contribution is 0.0697. The van der Waals surface area contributed by atoms with E-state index in [0.717, 1.165) is 21.4 Å². The maximum atomic E-state index is 11.0. The van der Waals surface area contributed by atoms with Crippen molar-refractivity contribution in [1.82, 2.24) is 9.78 Å². The van der Waals surface area contributed by atoms with E-state index in [1.54, 1.807) is 22.9 Å². The molecule has 4 nitrogen and oxygen atoms in total. The minimum absolute atomic E-state index is 0.254. The van der Waals surface area contributed by atoms with Crippen LogP contribution in [-0.4, -0.2) is 20.9 Å². The molecular weight excluding hydrogens is 332 g/mol. The van der Waals surface area contributed by atoms with Crippen LogP contribution in [0.1, 0.15) is 10.4 Å². The summed E-state index contributed by atoms with van der Waals surface area (Å²) < 4.78 is 2.73. The van der Waals surface area contributed by atoms with E-state index < -0.39 is 5.97 Å². The minimum atomic E-state index is -0.941. The molecule has 2 aromatic carbocycles. The van der Waals surface area contributed by atoms with Crippen molar-refractivity contribution < 1.29 is 9.90 Å². The third kappa shape index (κ3) is 2.87. The Morgan fingerprint density at radius 3 is 2.67 bits per heavy atom. The molecule has 1 heterocycles. The lowest BCUT2D eigenvalue weighted by Crippen LogP contribution is -1.97. The molecule has 0 radical (unpaired) electrons. The van der Waals surface area contributed by atoms with Crippen molar-refractivity contribution in [2.24, 2.45) is 0 Å². The van der Waals surface area contributed by atoms with Crippen LogP contribution in [0.2, 0.25) is 0 Å². The zero-order valence-corrected chi connectivity index (χ0v) is 12.5. The standard InChI is InChI=1S/C16H11BrN2O2/c17-13-5-2-6-14(10-13)19-8-7-15(18-19)11-3-1-4-12(9-11)16(20)21/h1-10H,(H,20,21). The third-order valence-electron chi connectivity index (χ3n) is 3.07. The lowest BCUT2D eigenvalue weighted by Gasteiger charge is -2.02. The average molecular weight is 343 g/mol. The van der Waals surface area contributed by atoms with Gasteiger partial charge in [-0.15, -0.1) is 0 Å². The first-order valence-electron chi connectivity index (χ1n) is 6.29. The summed E-state index contributed by atoms with van der Waals surface area (Å²) in [5.74, 6) is -0.941. The summed E-state index contributed by atoms with van der Waals surface area (Å²) >= 11 is 3.43. The van der Waals surface area contributed by atoms with Crippen molar-refractivity contribution >= 4 is 21.9 Å². The van der Waals surface area contributed by atoms with Crippen LogP contribution in [0, 0.1) is 0 Å². The molecule has 0 saturated carbocycles. The van der Waals surface area contributed by atoms with Gasteiger partial charge >= 0.3 is 5.97 Å². The summed E-state index contributed by atoms with van der Waals surface area (Å²) in [6, 6.07) is 16.4. The first-order valence-corrected chi connectivity index (χ1v) is 7.08. The number of nitrogens with zero attached hydrogens (tertiary/aromatic N) is 2. The molecule has 0 spiro atoms. The number of aromatic nitrogens is 2. The van der Waals surface area contributed by atoms with Gasteiger partial charge in [-0.25, -0.2) is 9.48 Å². The van der Waals surface area contributed by atoms with Crippen LogP contribution in [0.5, 0.6) is 0 Å². The quantitative estimate of drug-likeness (QED) is 0.782. The van der Waals surface area contributed by atoms with E-state index >= 15 is 0 Å². The molecule has 0 unspecified atom stereocenters. The van der Waals surface area contributed by atoms with Crippen molar-refractivity contribution in [3.8, 4) is 16.9 Å². The van der Waals surface area contributed by atoms with Crippen LogP contribution < -0.4 is 0 Å². The molecule has 1 aromatic heterocycles. The number of carboxylic acids is 1. The van der Waals surface area contributed by atoms with Crippen molar-refractivity contribution in [3.63, 3.8) is 0 Å². The Morgan fingerprint density at radius 2 is 1.90 bits per heavy atom. The second kappa shape index (κ2) is 5.54. The van der Waals surface area contributed by atoms with E-state index in [1.807, 2.05) is 42.6 Å². The number of aromatic carboxylic acids is 1. The van der Waals surface area contributed by atoms with E-state index in [9.17, 15) is 4.79 Å². The zero-order valence-electron chi connectivity index (χ0n) is 10.9. The maximum absolute atomic E-state index is 11.0. The van der Waals surface area contributed by atoms with Gasteiger partial charge < -0.3 is 5.11 Å². The molecule has 1 N–H and O–H groups in total. The summed E-state index contributed by atoms with van der Waals surface area (Å²) in [6.07, 6.45) is 1.85. The Bertz CT molecular complexity index is 811. The molecule has 0 bridgehead atoms. The van der Waals surface area contributed by atoms with Gasteiger partial charge in [0.2, 0.25) is 0 Å². The summed E-state index contributed by atoms with van der Waals surface area (Å²) in [5, 5.41) is 13.5. The maximum Gasteiger partial charge on any atom is 0.335 e. The highest BCUT2D eigenvalue weighted by Crippen LogP contribution is 2.21. The summed E-state index contributed by atoms with van der Waals surface area (Å²) in [5.41, 5.74) is 2.70. The highest BCUT2D eigenvalue weighted by molar-refractivity contribution is 9.10. The van der Waals surface area contributed by atoms with Gasteiger partial charge in [0.25, 0.3) is 0 Å². The van der Waals surface area contributed by atoms with Crippen molar-refractivity contribution in [3.05, 3.63) is 70.8 Å². The molecule has 3 aromatic rings. The lowest BCUT2D eigenvalue weighted by atomic mass is 10.1. The number of benzene rings is 2. The number of carbonyl (C=O) groups is 1. The zero-order chi connectivity index (χ0) is 14.8. The molecule has 0 aliphatic carbocycles. The van der Waals surface area contributed by atoms with Crippen LogP contribution in [-0.2, 0) is 0 Å². The van der Waals surface area contributed by atoms with Crippen molar-refractivity contribution in [1.29, 1.82) is 0 Å². The van der Waals surface area contributed by atoms with Crippen LogP contribution in [0.15, 0.2) is 65.3 Å². The van der Waals surface area contributed by atoms with E-state index in [1.165, 1.54) is 0 Å². The number of rotatable bonds is 3. The fourth-order valence-corrected chi connectivity index (χ4v) is 2.44. The molecule has 0 amide bonds. The van der Waals surface area contributed by atoms with Crippen LogP contribution >= 0.6 is 15.9 Å². The van der Waals surface area contributed by atoms with Crippen LogP contribution in [0.3, 0.4) is 0 Å².